The van der Waals surface area contributed by atoms with Crippen molar-refractivity contribution in [1.29, 1.82) is 0 Å². The number of hydrogen-bond donors (Lipinski definition) is 3. The topological polar surface area (TPSA) is 78.4 Å². The molecule has 5 heteroatoms. The third-order valence-electron chi connectivity index (χ3n) is 2.24. The average Bonchev–Trinajstić information content (AvgIpc) is 2.24. The molecule has 94 valence electrons. The number of carbonyl (C=O) groups excluding carboxylic acids is 1. The van der Waals surface area contributed by atoms with Crippen LogP contribution >= 0.6 is 0 Å². The van der Waals surface area contributed by atoms with Gasteiger partial charge in [-0.25, -0.2) is 0 Å². The molecule has 1 unspecified atom stereocenters. The first-order chi connectivity index (χ1) is 7.61. The highest BCUT2D eigenvalue weighted by atomic mass is 16.4. The lowest BCUT2D eigenvalue weighted by Gasteiger charge is -2.13. The van der Waals surface area contributed by atoms with Crippen molar-refractivity contribution in [3.63, 3.8) is 0 Å². The largest absolute Gasteiger partial charge is 0.480 e. The summed E-state index contributed by atoms with van der Waals surface area (Å²) in [6.07, 6.45) is 3.29. The van der Waals surface area contributed by atoms with Gasteiger partial charge in [-0.2, -0.15) is 0 Å². The van der Waals surface area contributed by atoms with Gasteiger partial charge < -0.3 is 10.4 Å². The molecule has 0 saturated carbocycles. The number of aliphatic carboxylic acids is 1. The van der Waals surface area contributed by atoms with Gasteiger partial charge in [0.15, 0.2) is 0 Å². The highest BCUT2D eigenvalue weighted by Crippen LogP contribution is 1.95. The van der Waals surface area contributed by atoms with Gasteiger partial charge in [-0.1, -0.05) is 26.7 Å². The summed E-state index contributed by atoms with van der Waals surface area (Å²) in [4.78, 5) is 22.1. The first-order valence-electron chi connectivity index (χ1n) is 5.84. The normalized spacial score (nSPS) is 12.1. The first kappa shape index (κ1) is 14.9. The van der Waals surface area contributed by atoms with Crippen LogP contribution in [0.3, 0.4) is 0 Å². The van der Waals surface area contributed by atoms with Crippen molar-refractivity contribution >= 4 is 11.9 Å². The fourth-order valence-electron chi connectivity index (χ4n) is 1.28. The lowest BCUT2D eigenvalue weighted by Crippen LogP contribution is -2.43. The lowest BCUT2D eigenvalue weighted by atomic mass is 10.2. The summed E-state index contributed by atoms with van der Waals surface area (Å²) in [5, 5.41) is 14.3. The van der Waals surface area contributed by atoms with Crippen molar-refractivity contribution in [2.45, 2.75) is 45.6 Å². The maximum atomic E-state index is 11.3. The van der Waals surface area contributed by atoms with E-state index in [1.54, 1.807) is 0 Å². The molecule has 0 radical (unpaired) electrons. The van der Waals surface area contributed by atoms with Crippen molar-refractivity contribution in [3.05, 3.63) is 0 Å². The molecule has 0 aromatic heterocycles. The number of unbranched alkanes of at least 4 members (excludes halogenated alkanes) is 1. The number of nitrogens with one attached hydrogen (secondary N) is 2. The number of carboxylic acid groups (broad SMARTS) is 1. The monoisotopic (exact) mass is 230 g/mol. The van der Waals surface area contributed by atoms with E-state index in [-0.39, 0.29) is 12.5 Å². The van der Waals surface area contributed by atoms with Crippen LogP contribution < -0.4 is 10.6 Å². The SMILES string of the molecule is CCCCNC(=O)CNC(CCC)C(=O)O. The summed E-state index contributed by atoms with van der Waals surface area (Å²) in [6.45, 7) is 4.69. The molecule has 1 amide bonds. The van der Waals surface area contributed by atoms with E-state index in [0.717, 1.165) is 19.3 Å². The Kier molecular flexibility index (Phi) is 8.52. The van der Waals surface area contributed by atoms with Crippen molar-refractivity contribution in [2.24, 2.45) is 0 Å². The van der Waals surface area contributed by atoms with Gasteiger partial charge in [-0.3, -0.25) is 14.9 Å². The van der Waals surface area contributed by atoms with Crippen molar-refractivity contribution < 1.29 is 14.7 Å². The van der Waals surface area contributed by atoms with Crippen molar-refractivity contribution in [1.82, 2.24) is 10.6 Å². The molecule has 0 rings (SSSR count). The molecule has 16 heavy (non-hydrogen) atoms. The summed E-state index contributed by atoms with van der Waals surface area (Å²) < 4.78 is 0. The molecule has 0 aromatic carbocycles. The third kappa shape index (κ3) is 7.23. The molecule has 0 spiro atoms. The van der Waals surface area contributed by atoms with Crippen LogP contribution in [0.5, 0.6) is 0 Å². The summed E-state index contributed by atoms with van der Waals surface area (Å²) in [5.41, 5.74) is 0. The van der Waals surface area contributed by atoms with Crippen LogP contribution in [0.15, 0.2) is 0 Å². The molecule has 3 N–H and O–H groups in total. The first-order valence-corrected chi connectivity index (χ1v) is 5.84. The molecule has 0 aromatic rings. The Labute approximate surface area is 96.6 Å². The Morgan fingerprint density at radius 3 is 2.44 bits per heavy atom. The van der Waals surface area contributed by atoms with Gasteiger partial charge in [0.1, 0.15) is 6.04 Å². The molecule has 1 atom stereocenters. The fraction of sp³-hybridized carbons (Fsp3) is 0.818. The minimum atomic E-state index is -0.900. The van der Waals surface area contributed by atoms with E-state index >= 15 is 0 Å². The molecular formula is C11H22N2O3. The van der Waals surface area contributed by atoms with Gasteiger partial charge in [0.25, 0.3) is 0 Å². The Morgan fingerprint density at radius 1 is 1.25 bits per heavy atom. The Hall–Kier alpha value is -1.10. The Morgan fingerprint density at radius 2 is 1.94 bits per heavy atom. The van der Waals surface area contributed by atoms with Crippen LogP contribution in [0.2, 0.25) is 0 Å². The van der Waals surface area contributed by atoms with Gasteiger partial charge in [0, 0.05) is 6.54 Å². The number of amides is 1. The quantitative estimate of drug-likeness (QED) is 0.511. The average molecular weight is 230 g/mol. The molecule has 0 aliphatic heterocycles. The zero-order valence-corrected chi connectivity index (χ0v) is 10.1. The lowest BCUT2D eigenvalue weighted by molar-refractivity contribution is -0.139. The standard InChI is InChI=1S/C11H22N2O3/c1-3-5-7-12-10(14)8-13-9(6-4-2)11(15)16/h9,13H,3-8H2,1-2H3,(H,12,14)(H,15,16). The Bertz CT molecular complexity index is 219. The molecule has 0 saturated heterocycles. The molecule has 0 heterocycles. The smallest absolute Gasteiger partial charge is 0.320 e. The highest BCUT2D eigenvalue weighted by molar-refractivity contribution is 5.79. The van der Waals surface area contributed by atoms with Crippen LogP contribution in [0, 0.1) is 0 Å². The summed E-state index contributed by atoms with van der Waals surface area (Å²) in [7, 11) is 0. The zero-order valence-electron chi connectivity index (χ0n) is 10.1. The summed E-state index contributed by atoms with van der Waals surface area (Å²) in [5.74, 6) is -1.04. The molecule has 0 fully saturated rings. The van der Waals surface area contributed by atoms with Crippen LogP contribution in [0.25, 0.3) is 0 Å². The Balaban J connectivity index is 3.74. The molecule has 0 bridgehead atoms. The van der Waals surface area contributed by atoms with Gasteiger partial charge in [-0.15, -0.1) is 0 Å². The number of carbonyl (C=O) groups is 2. The minimum absolute atomic E-state index is 0.0701. The van der Waals surface area contributed by atoms with E-state index in [9.17, 15) is 9.59 Å². The predicted molar refractivity (Wildman–Crippen MR) is 62.3 cm³/mol. The van der Waals surface area contributed by atoms with E-state index in [2.05, 4.69) is 10.6 Å². The van der Waals surface area contributed by atoms with E-state index in [1.165, 1.54) is 0 Å². The third-order valence-corrected chi connectivity index (χ3v) is 2.24. The zero-order chi connectivity index (χ0) is 12.4. The second kappa shape index (κ2) is 9.15. The second-order valence-electron chi connectivity index (χ2n) is 3.76. The van der Waals surface area contributed by atoms with E-state index in [4.69, 9.17) is 5.11 Å². The van der Waals surface area contributed by atoms with Crippen LogP contribution in [-0.2, 0) is 9.59 Å². The van der Waals surface area contributed by atoms with E-state index in [0.29, 0.717) is 13.0 Å². The number of hydrogen-bond acceptors (Lipinski definition) is 3. The van der Waals surface area contributed by atoms with Gasteiger partial charge in [0.2, 0.25) is 5.91 Å². The number of carboxylic acids is 1. The number of rotatable bonds is 9. The van der Waals surface area contributed by atoms with Crippen LogP contribution in [0.4, 0.5) is 0 Å². The van der Waals surface area contributed by atoms with Crippen LogP contribution in [0.1, 0.15) is 39.5 Å². The minimum Gasteiger partial charge on any atom is -0.480 e. The van der Waals surface area contributed by atoms with E-state index < -0.39 is 12.0 Å². The van der Waals surface area contributed by atoms with Gasteiger partial charge >= 0.3 is 5.97 Å². The van der Waals surface area contributed by atoms with E-state index in [1.807, 2.05) is 13.8 Å². The van der Waals surface area contributed by atoms with Gasteiger partial charge in [0.05, 0.1) is 6.54 Å². The fourth-order valence-corrected chi connectivity index (χ4v) is 1.28. The maximum Gasteiger partial charge on any atom is 0.320 e. The molecule has 5 nitrogen and oxygen atoms in total. The van der Waals surface area contributed by atoms with Crippen LogP contribution in [-0.4, -0.2) is 36.1 Å². The molecule has 0 aliphatic rings. The summed E-state index contributed by atoms with van der Waals surface area (Å²) >= 11 is 0. The molecule has 0 aliphatic carbocycles. The molecular weight excluding hydrogens is 208 g/mol. The predicted octanol–water partition coefficient (Wildman–Crippen LogP) is 0.746. The second-order valence-corrected chi connectivity index (χ2v) is 3.76. The van der Waals surface area contributed by atoms with Gasteiger partial charge in [-0.05, 0) is 12.8 Å². The highest BCUT2D eigenvalue weighted by Gasteiger charge is 2.16. The van der Waals surface area contributed by atoms with Crippen molar-refractivity contribution in [2.75, 3.05) is 13.1 Å². The maximum absolute atomic E-state index is 11.3. The summed E-state index contributed by atoms with van der Waals surface area (Å²) in [6, 6.07) is -0.623. The van der Waals surface area contributed by atoms with Crippen molar-refractivity contribution in [3.8, 4) is 0 Å².